The number of benzene rings is 1. The lowest BCUT2D eigenvalue weighted by atomic mass is 10.1. The predicted molar refractivity (Wildman–Crippen MR) is 101 cm³/mol. The number of halogens is 1. The lowest BCUT2D eigenvalue weighted by Crippen LogP contribution is -2.24. The summed E-state index contributed by atoms with van der Waals surface area (Å²) in [4.78, 5) is 21.7. The summed E-state index contributed by atoms with van der Waals surface area (Å²) in [6.07, 6.45) is 5.52. The average Bonchev–Trinajstić information content (AvgIpc) is 3.37. The van der Waals surface area contributed by atoms with Crippen molar-refractivity contribution in [3.05, 3.63) is 57.9 Å². The molecule has 0 saturated heterocycles. The number of pyridine rings is 1. The van der Waals surface area contributed by atoms with Crippen molar-refractivity contribution in [2.24, 2.45) is 0 Å². The van der Waals surface area contributed by atoms with E-state index in [9.17, 15) is 4.79 Å². The number of fused-ring (bicyclic) bond motifs is 3. The van der Waals surface area contributed by atoms with Gasteiger partial charge in [0, 0.05) is 24.5 Å². The summed E-state index contributed by atoms with van der Waals surface area (Å²) in [5, 5.41) is 5.04. The van der Waals surface area contributed by atoms with Crippen molar-refractivity contribution in [3.8, 4) is 5.69 Å². The molecule has 0 aliphatic heterocycles. The summed E-state index contributed by atoms with van der Waals surface area (Å²) in [5.41, 5.74) is 2.55. The topological polar surface area (TPSA) is 73.0 Å². The van der Waals surface area contributed by atoms with Crippen LogP contribution in [-0.4, -0.2) is 21.6 Å². The van der Waals surface area contributed by atoms with Gasteiger partial charge in [0.2, 0.25) is 0 Å². The summed E-state index contributed by atoms with van der Waals surface area (Å²) in [6, 6.07) is 7.34. The fraction of sp³-hybridized carbons (Fsp3) is 0.211. The van der Waals surface area contributed by atoms with Gasteiger partial charge in [-0.3, -0.25) is 9.55 Å². The van der Waals surface area contributed by atoms with Gasteiger partial charge in [0.1, 0.15) is 11.4 Å². The molecule has 7 heteroatoms. The number of nitrogens with one attached hydrogen (secondary N) is 1. The second kappa shape index (κ2) is 5.57. The molecule has 4 aromatic rings. The molecular weight excluding hydrogens is 352 g/mol. The SMILES string of the molecule is CNc1nc(=O)n(-c2cccnc2C2CC2)c2cc(Cl)c3ccoc3c12. The van der Waals surface area contributed by atoms with Crippen LogP contribution in [0, 0.1) is 0 Å². The first-order valence-corrected chi connectivity index (χ1v) is 8.82. The average molecular weight is 367 g/mol. The molecule has 0 unspecified atom stereocenters. The first-order valence-electron chi connectivity index (χ1n) is 8.44. The number of anilines is 1. The Kier molecular flexibility index (Phi) is 3.30. The Hall–Kier alpha value is -2.86. The minimum atomic E-state index is -0.376. The van der Waals surface area contributed by atoms with Crippen LogP contribution in [-0.2, 0) is 0 Å². The Labute approximate surface area is 153 Å². The summed E-state index contributed by atoms with van der Waals surface area (Å²) >= 11 is 6.47. The van der Waals surface area contributed by atoms with E-state index in [-0.39, 0.29) is 5.69 Å². The van der Waals surface area contributed by atoms with Gasteiger partial charge in [0.15, 0.2) is 0 Å². The second-order valence-corrected chi connectivity index (χ2v) is 6.83. The minimum Gasteiger partial charge on any atom is -0.463 e. The van der Waals surface area contributed by atoms with Crippen LogP contribution in [0.3, 0.4) is 0 Å². The quantitative estimate of drug-likeness (QED) is 0.591. The smallest absolute Gasteiger partial charge is 0.354 e. The second-order valence-electron chi connectivity index (χ2n) is 6.43. The molecule has 1 aliphatic carbocycles. The van der Waals surface area contributed by atoms with Gasteiger partial charge < -0.3 is 9.73 Å². The molecule has 0 bridgehead atoms. The molecule has 1 aliphatic rings. The van der Waals surface area contributed by atoms with E-state index in [2.05, 4.69) is 15.3 Å². The van der Waals surface area contributed by atoms with E-state index in [0.717, 1.165) is 35.0 Å². The van der Waals surface area contributed by atoms with Crippen LogP contribution in [0.1, 0.15) is 24.5 Å². The maximum Gasteiger partial charge on any atom is 0.354 e. The fourth-order valence-corrected chi connectivity index (χ4v) is 3.72. The van der Waals surface area contributed by atoms with E-state index < -0.39 is 0 Å². The molecule has 1 N–H and O–H groups in total. The molecule has 1 aromatic carbocycles. The van der Waals surface area contributed by atoms with E-state index in [1.165, 1.54) is 0 Å². The van der Waals surface area contributed by atoms with Crippen LogP contribution < -0.4 is 11.0 Å². The van der Waals surface area contributed by atoms with Gasteiger partial charge in [-0.05, 0) is 37.1 Å². The maximum atomic E-state index is 12.9. The number of aromatic nitrogens is 3. The van der Waals surface area contributed by atoms with E-state index in [1.54, 1.807) is 30.1 Å². The molecule has 26 heavy (non-hydrogen) atoms. The van der Waals surface area contributed by atoms with Gasteiger partial charge in [-0.15, -0.1) is 0 Å². The monoisotopic (exact) mass is 366 g/mol. The predicted octanol–water partition coefficient (Wildman–Crippen LogP) is 4.10. The molecule has 5 rings (SSSR count). The van der Waals surface area contributed by atoms with Crippen molar-refractivity contribution in [1.29, 1.82) is 0 Å². The number of hydrogen-bond donors (Lipinski definition) is 1. The van der Waals surface area contributed by atoms with E-state index >= 15 is 0 Å². The third-order valence-corrected chi connectivity index (χ3v) is 5.12. The Morgan fingerprint density at radius 1 is 1.35 bits per heavy atom. The van der Waals surface area contributed by atoms with Crippen molar-refractivity contribution in [2.45, 2.75) is 18.8 Å². The highest BCUT2D eigenvalue weighted by molar-refractivity contribution is 6.37. The van der Waals surface area contributed by atoms with Gasteiger partial charge in [-0.2, -0.15) is 4.98 Å². The third-order valence-electron chi connectivity index (χ3n) is 4.80. The van der Waals surface area contributed by atoms with E-state index in [0.29, 0.717) is 27.9 Å². The van der Waals surface area contributed by atoms with Gasteiger partial charge >= 0.3 is 5.69 Å². The molecule has 0 spiro atoms. The van der Waals surface area contributed by atoms with Crippen LogP contribution in [0.15, 0.2) is 45.9 Å². The maximum absolute atomic E-state index is 12.9. The van der Waals surface area contributed by atoms with E-state index in [1.807, 2.05) is 18.2 Å². The normalized spacial score (nSPS) is 14.2. The standard InChI is InChI=1S/C19H15ClN4O2/c1-21-18-15-14(9-12(20)11-6-8-26-17(11)15)24(19(25)23-18)13-3-2-7-22-16(13)10-4-5-10/h2-3,6-10H,4-5H2,1H3,(H,21,23,25). The molecule has 1 saturated carbocycles. The van der Waals surface area contributed by atoms with Crippen molar-refractivity contribution in [2.75, 3.05) is 12.4 Å². The highest BCUT2D eigenvalue weighted by Gasteiger charge is 2.29. The molecular formula is C19H15ClN4O2. The van der Waals surface area contributed by atoms with Gasteiger partial charge in [0.25, 0.3) is 0 Å². The number of nitrogens with zero attached hydrogens (tertiary/aromatic N) is 3. The number of furan rings is 1. The zero-order valence-corrected chi connectivity index (χ0v) is 14.7. The summed E-state index contributed by atoms with van der Waals surface area (Å²) in [6.45, 7) is 0. The van der Waals surface area contributed by atoms with Crippen molar-refractivity contribution in [3.63, 3.8) is 0 Å². The minimum absolute atomic E-state index is 0.376. The highest BCUT2D eigenvalue weighted by Crippen LogP contribution is 2.42. The number of hydrogen-bond acceptors (Lipinski definition) is 5. The molecule has 1 fully saturated rings. The van der Waals surface area contributed by atoms with Crippen LogP contribution in [0.25, 0.3) is 27.6 Å². The van der Waals surface area contributed by atoms with Crippen molar-refractivity contribution < 1.29 is 4.42 Å². The number of rotatable bonds is 3. The summed E-state index contributed by atoms with van der Waals surface area (Å²) < 4.78 is 7.27. The molecule has 6 nitrogen and oxygen atoms in total. The lowest BCUT2D eigenvalue weighted by molar-refractivity contribution is 0.619. The third kappa shape index (κ3) is 2.15. The molecule has 3 heterocycles. The fourth-order valence-electron chi connectivity index (χ4n) is 3.47. The van der Waals surface area contributed by atoms with Gasteiger partial charge in [0.05, 0.1) is 33.6 Å². The van der Waals surface area contributed by atoms with Crippen LogP contribution in [0.2, 0.25) is 5.02 Å². The largest absolute Gasteiger partial charge is 0.463 e. The Balaban J connectivity index is 1.97. The molecule has 3 aromatic heterocycles. The van der Waals surface area contributed by atoms with Crippen LogP contribution in [0.4, 0.5) is 5.82 Å². The molecule has 0 amide bonds. The van der Waals surface area contributed by atoms with Crippen LogP contribution >= 0.6 is 11.6 Å². The zero-order valence-electron chi connectivity index (χ0n) is 14.0. The van der Waals surface area contributed by atoms with E-state index in [4.69, 9.17) is 16.0 Å². The van der Waals surface area contributed by atoms with Crippen LogP contribution in [0.5, 0.6) is 0 Å². The first kappa shape index (κ1) is 15.4. The highest BCUT2D eigenvalue weighted by atomic mass is 35.5. The summed E-state index contributed by atoms with van der Waals surface area (Å²) in [5.74, 6) is 0.856. The van der Waals surface area contributed by atoms with Crippen molar-refractivity contribution >= 4 is 39.3 Å². The van der Waals surface area contributed by atoms with Gasteiger partial charge in [-0.25, -0.2) is 4.79 Å². The molecule has 130 valence electrons. The Morgan fingerprint density at radius 2 is 2.19 bits per heavy atom. The Bertz CT molecular complexity index is 1220. The lowest BCUT2D eigenvalue weighted by Gasteiger charge is -2.15. The first-order chi connectivity index (χ1) is 12.7. The Morgan fingerprint density at radius 3 is 2.96 bits per heavy atom. The molecule has 0 atom stereocenters. The summed E-state index contributed by atoms with van der Waals surface area (Å²) in [7, 11) is 1.73. The zero-order chi connectivity index (χ0) is 17.8. The van der Waals surface area contributed by atoms with Gasteiger partial charge in [-0.1, -0.05) is 11.6 Å². The van der Waals surface area contributed by atoms with Crippen molar-refractivity contribution in [1.82, 2.24) is 14.5 Å². The molecule has 0 radical (unpaired) electrons.